The predicted molar refractivity (Wildman–Crippen MR) is 289 cm³/mol. The summed E-state index contributed by atoms with van der Waals surface area (Å²) >= 11 is 0. The summed E-state index contributed by atoms with van der Waals surface area (Å²) in [6.45, 7) is 4.74. The van der Waals surface area contributed by atoms with Gasteiger partial charge < -0.3 is 5.32 Å². The number of rotatable bonds is 9. The van der Waals surface area contributed by atoms with E-state index in [1.165, 1.54) is 105 Å². The fourth-order valence-electron chi connectivity index (χ4n) is 10.5. The van der Waals surface area contributed by atoms with Gasteiger partial charge in [-0.3, -0.25) is 0 Å². The van der Waals surface area contributed by atoms with Gasteiger partial charge in [-0.05, 0) is 142 Å². The molecule has 0 saturated heterocycles. The third-order valence-electron chi connectivity index (χ3n) is 14.1. The van der Waals surface area contributed by atoms with E-state index in [4.69, 9.17) is 0 Å². The smallest absolute Gasteiger partial charge is 0.0464 e. The van der Waals surface area contributed by atoms with E-state index in [0.717, 1.165) is 16.9 Å². The molecule has 322 valence electrons. The lowest BCUT2D eigenvalue weighted by molar-refractivity contribution is 0.661. The van der Waals surface area contributed by atoms with Crippen LogP contribution < -0.4 is 5.32 Å². The van der Waals surface area contributed by atoms with Crippen molar-refractivity contribution < 1.29 is 0 Å². The Balaban J connectivity index is 0.854. The molecule has 0 spiro atoms. The molecule has 0 unspecified atom stereocenters. The zero-order chi connectivity index (χ0) is 45.6. The first kappa shape index (κ1) is 40.9. The van der Waals surface area contributed by atoms with Gasteiger partial charge in [-0.1, -0.05) is 232 Å². The van der Waals surface area contributed by atoms with Gasteiger partial charge in [0.2, 0.25) is 0 Å². The summed E-state index contributed by atoms with van der Waals surface area (Å²) in [6, 6.07) is 93.1. The highest BCUT2D eigenvalue weighted by Crippen LogP contribution is 2.51. The second kappa shape index (κ2) is 17.0. The Morgan fingerprint density at radius 1 is 0.265 bits per heavy atom. The molecular formula is C67H49N. The van der Waals surface area contributed by atoms with Crippen molar-refractivity contribution in [3.63, 3.8) is 0 Å². The molecule has 1 N–H and O–H groups in total. The average molecular weight is 868 g/mol. The van der Waals surface area contributed by atoms with Crippen molar-refractivity contribution in [2.24, 2.45) is 0 Å². The van der Waals surface area contributed by atoms with Crippen LogP contribution in [0.1, 0.15) is 25.0 Å². The van der Waals surface area contributed by atoms with Crippen LogP contribution in [0.2, 0.25) is 0 Å². The summed E-state index contributed by atoms with van der Waals surface area (Å²) in [5, 5.41) is 6.42. The second-order valence-electron chi connectivity index (χ2n) is 18.6. The number of anilines is 2. The van der Waals surface area contributed by atoms with Crippen LogP contribution in [-0.2, 0) is 5.41 Å². The first-order chi connectivity index (χ1) is 33.4. The number of nitrogens with one attached hydrogen (secondary N) is 1. The minimum Gasteiger partial charge on any atom is -0.355 e. The van der Waals surface area contributed by atoms with Crippen LogP contribution in [0.15, 0.2) is 255 Å². The molecule has 11 aromatic carbocycles. The SMILES string of the molecule is CC1(C)c2cc(Nc3ccccc3-c3ccc(-c4ccccc4)cc3-c3cccc(-c4cccc5ccccc45)c3)ccc2-c2ccc(-c3ccc(-c4ccc(-c5ccccc5)cc4)cc3)cc21. The molecule has 0 heterocycles. The van der Waals surface area contributed by atoms with E-state index in [1.54, 1.807) is 0 Å². The Hall–Kier alpha value is -8.52. The Morgan fingerprint density at radius 2 is 0.706 bits per heavy atom. The first-order valence-electron chi connectivity index (χ1n) is 23.6. The second-order valence-corrected chi connectivity index (χ2v) is 18.6. The summed E-state index contributed by atoms with van der Waals surface area (Å²) in [5.74, 6) is 0. The van der Waals surface area contributed by atoms with Gasteiger partial charge in [0.1, 0.15) is 0 Å². The molecular weight excluding hydrogens is 819 g/mol. The van der Waals surface area contributed by atoms with E-state index in [2.05, 4.69) is 274 Å². The van der Waals surface area contributed by atoms with Crippen LogP contribution >= 0.6 is 0 Å². The third-order valence-corrected chi connectivity index (χ3v) is 14.1. The fraction of sp³-hybridized carbons (Fsp3) is 0.0448. The van der Waals surface area contributed by atoms with Gasteiger partial charge in [-0.25, -0.2) is 0 Å². The zero-order valence-electron chi connectivity index (χ0n) is 38.2. The van der Waals surface area contributed by atoms with E-state index in [9.17, 15) is 0 Å². The molecule has 12 rings (SSSR count). The maximum absolute atomic E-state index is 3.91. The lowest BCUT2D eigenvalue weighted by Crippen LogP contribution is -2.15. The summed E-state index contributed by atoms with van der Waals surface area (Å²) < 4.78 is 0. The van der Waals surface area contributed by atoms with Crippen LogP contribution in [0.5, 0.6) is 0 Å². The minimum absolute atomic E-state index is 0.187. The normalized spacial score (nSPS) is 12.4. The maximum atomic E-state index is 3.91. The van der Waals surface area contributed by atoms with Crippen molar-refractivity contribution in [1.82, 2.24) is 0 Å². The van der Waals surface area contributed by atoms with Gasteiger partial charge in [0.15, 0.2) is 0 Å². The highest BCUT2D eigenvalue weighted by Gasteiger charge is 2.36. The van der Waals surface area contributed by atoms with Gasteiger partial charge in [0, 0.05) is 22.4 Å². The predicted octanol–water partition coefficient (Wildman–Crippen LogP) is 18.6. The summed E-state index contributed by atoms with van der Waals surface area (Å²) in [7, 11) is 0. The lowest BCUT2D eigenvalue weighted by Gasteiger charge is -2.23. The van der Waals surface area contributed by atoms with Crippen molar-refractivity contribution in [3.05, 3.63) is 266 Å². The van der Waals surface area contributed by atoms with Gasteiger partial charge in [-0.2, -0.15) is 0 Å². The van der Waals surface area contributed by atoms with E-state index in [0.29, 0.717) is 0 Å². The van der Waals surface area contributed by atoms with Gasteiger partial charge in [-0.15, -0.1) is 0 Å². The number of para-hydroxylation sites is 1. The number of benzene rings is 11. The van der Waals surface area contributed by atoms with Crippen molar-refractivity contribution in [2.75, 3.05) is 5.32 Å². The van der Waals surface area contributed by atoms with Crippen molar-refractivity contribution >= 4 is 22.1 Å². The fourth-order valence-corrected chi connectivity index (χ4v) is 10.5. The van der Waals surface area contributed by atoms with Crippen LogP contribution in [0.4, 0.5) is 11.4 Å². The van der Waals surface area contributed by atoms with Crippen LogP contribution in [-0.4, -0.2) is 0 Å². The van der Waals surface area contributed by atoms with Gasteiger partial charge in [0.25, 0.3) is 0 Å². The highest BCUT2D eigenvalue weighted by atomic mass is 14.9. The zero-order valence-corrected chi connectivity index (χ0v) is 38.2. The lowest BCUT2D eigenvalue weighted by atomic mass is 9.81. The minimum atomic E-state index is -0.187. The molecule has 0 fully saturated rings. The van der Waals surface area contributed by atoms with Crippen molar-refractivity contribution in [2.45, 2.75) is 19.3 Å². The molecule has 1 aliphatic rings. The van der Waals surface area contributed by atoms with Crippen molar-refractivity contribution in [3.8, 4) is 89.0 Å². The molecule has 0 radical (unpaired) electrons. The maximum Gasteiger partial charge on any atom is 0.0464 e. The molecule has 0 aromatic heterocycles. The summed E-state index contributed by atoms with van der Waals surface area (Å²) in [6.07, 6.45) is 0. The molecule has 0 amide bonds. The van der Waals surface area contributed by atoms with E-state index in [-0.39, 0.29) is 5.41 Å². The standard InChI is InChI=1S/C67H49N/c1-67(2)64-43-53(50-33-31-49(32-34-50)48-29-27-47(28-30-48)45-15-5-3-6-16-45)36-39-60(64)61-40-37-56(44-65(61)67)68-66-26-12-11-24-62(66)59-38-35-52(46-17-7-4-8-18-46)42-63(59)55-22-13-21-54(41-55)58-25-14-20-51-19-9-10-23-57(51)58/h3-44,68H,1-2H3. The molecule has 1 heteroatoms. The Morgan fingerprint density at radius 3 is 1.40 bits per heavy atom. The van der Waals surface area contributed by atoms with Crippen LogP contribution in [0, 0.1) is 0 Å². The topological polar surface area (TPSA) is 12.0 Å². The molecule has 0 aliphatic heterocycles. The van der Waals surface area contributed by atoms with Gasteiger partial charge >= 0.3 is 0 Å². The van der Waals surface area contributed by atoms with Crippen LogP contribution in [0.3, 0.4) is 0 Å². The monoisotopic (exact) mass is 867 g/mol. The molecule has 0 saturated carbocycles. The van der Waals surface area contributed by atoms with E-state index < -0.39 is 0 Å². The summed E-state index contributed by atoms with van der Waals surface area (Å²) in [4.78, 5) is 0. The van der Waals surface area contributed by atoms with Crippen molar-refractivity contribution in [1.29, 1.82) is 0 Å². The molecule has 0 bridgehead atoms. The largest absolute Gasteiger partial charge is 0.355 e. The molecule has 11 aromatic rings. The quantitative estimate of drug-likeness (QED) is 0.152. The van der Waals surface area contributed by atoms with E-state index >= 15 is 0 Å². The Labute approximate surface area is 399 Å². The number of fused-ring (bicyclic) bond motifs is 4. The number of hydrogen-bond donors (Lipinski definition) is 1. The summed E-state index contributed by atoms with van der Waals surface area (Å²) in [5.41, 5.74) is 24.2. The molecule has 1 nitrogen and oxygen atoms in total. The Kier molecular flexibility index (Phi) is 10.3. The van der Waals surface area contributed by atoms with Crippen LogP contribution in [0.25, 0.3) is 99.8 Å². The molecule has 68 heavy (non-hydrogen) atoms. The third kappa shape index (κ3) is 7.49. The Bertz CT molecular complexity index is 3630. The average Bonchev–Trinajstić information content (AvgIpc) is 3.63. The van der Waals surface area contributed by atoms with Gasteiger partial charge in [0.05, 0.1) is 0 Å². The highest BCUT2D eigenvalue weighted by molar-refractivity contribution is 5.99. The molecule has 1 aliphatic carbocycles. The van der Waals surface area contributed by atoms with E-state index in [1.807, 2.05) is 0 Å². The number of hydrogen-bond acceptors (Lipinski definition) is 1. The first-order valence-corrected chi connectivity index (χ1v) is 23.6. The molecule has 0 atom stereocenters.